The van der Waals surface area contributed by atoms with Crippen LogP contribution in [0.15, 0.2) is 36.4 Å². The van der Waals surface area contributed by atoms with E-state index in [1.807, 2.05) is 31.2 Å². The molecule has 82 valence electrons. The van der Waals surface area contributed by atoms with Crippen LogP contribution in [0.25, 0.3) is 0 Å². The van der Waals surface area contributed by atoms with Gasteiger partial charge in [0.25, 0.3) is 0 Å². The summed E-state index contributed by atoms with van der Waals surface area (Å²) < 4.78 is 23.3. The van der Waals surface area contributed by atoms with Gasteiger partial charge in [-0.1, -0.05) is 36.4 Å². The molecular weight excluding hydrogens is 208 g/mol. The van der Waals surface area contributed by atoms with Crippen molar-refractivity contribution in [2.45, 2.75) is 19.1 Å². The molecular formula is C12H16O2S. The van der Waals surface area contributed by atoms with Gasteiger partial charge < -0.3 is 0 Å². The van der Waals surface area contributed by atoms with Gasteiger partial charge in [-0.2, -0.15) is 0 Å². The molecule has 0 saturated heterocycles. The van der Waals surface area contributed by atoms with Gasteiger partial charge in [0.15, 0.2) is 9.84 Å². The maximum absolute atomic E-state index is 11.7. The van der Waals surface area contributed by atoms with Gasteiger partial charge in [-0.15, -0.1) is 0 Å². The summed E-state index contributed by atoms with van der Waals surface area (Å²) >= 11 is 0. The van der Waals surface area contributed by atoms with Crippen LogP contribution in [0.1, 0.15) is 23.3 Å². The zero-order chi connectivity index (χ0) is 11.6. The summed E-state index contributed by atoms with van der Waals surface area (Å²) in [7, 11) is -3.14. The van der Waals surface area contributed by atoms with Crippen molar-refractivity contribution in [3.8, 4) is 0 Å². The molecule has 0 aliphatic carbocycles. The van der Waals surface area contributed by atoms with E-state index in [0.717, 1.165) is 11.1 Å². The fourth-order valence-corrected chi connectivity index (χ4v) is 3.20. The van der Waals surface area contributed by atoms with E-state index >= 15 is 0 Å². The standard InChI is InChI=1S/C12H16O2S/c1-9(2)12(15(4,13)14)11-8-6-5-7-10(11)3/h5-8,12H,1H2,2-4H3. The van der Waals surface area contributed by atoms with Gasteiger partial charge >= 0.3 is 0 Å². The first kappa shape index (κ1) is 12.0. The monoisotopic (exact) mass is 224 g/mol. The molecule has 0 N–H and O–H groups in total. The minimum Gasteiger partial charge on any atom is -0.228 e. The minimum absolute atomic E-state index is 0.585. The first-order valence-corrected chi connectivity index (χ1v) is 6.69. The van der Waals surface area contributed by atoms with Crippen LogP contribution < -0.4 is 0 Å². The van der Waals surface area contributed by atoms with E-state index in [1.165, 1.54) is 6.26 Å². The summed E-state index contributed by atoms with van der Waals surface area (Å²) in [5, 5.41) is -0.585. The molecule has 0 bridgehead atoms. The Morgan fingerprint density at radius 1 is 1.33 bits per heavy atom. The highest BCUT2D eigenvalue weighted by Gasteiger charge is 2.24. The van der Waals surface area contributed by atoms with Crippen molar-refractivity contribution in [1.29, 1.82) is 0 Å². The van der Waals surface area contributed by atoms with Crippen molar-refractivity contribution < 1.29 is 8.42 Å². The molecule has 0 aliphatic rings. The van der Waals surface area contributed by atoms with Crippen molar-refractivity contribution in [3.05, 3.63) is 47.5 Å². The van der Waals surface area contributed by atoms with Crippen LogP contribution in [0.4, 0.5) is 0 Å². The number of benzene rings is 1. The maximum Gasteiger partial charge on any atom is 0.158 e. The second-order valence-corrected chi connectivity index (χ2v) is 6.04. The van der Waals surface area contributed by atoms with E-state index < -0.39 is 15.1 Å². The molecule has 1 unspecified atom stereocenters. The zero-order valence-electron chi connectivity index (χ0n) is 9.32. The van der Waals surface area contributed by atoms with Crippen LogP contribution in [0.5, 0.6) is 0 Å². The fourth-order valence-electron chi connectivity index (χ4n) is 1.74. The average molecular weight is 224 g/mol. The number of sulfone groups is 1. The highest BCUT2D eigenvalue weighted by Crippen LogP contribution is 2.30. The predicted molar refractivity (Wildman–Crippen MR) is 63.6 cm³/mol. The molecule has 1 rings (SSSR count). The van der Waals surface area contributed by atoms with Gasteiger partial charge in [0.1, 0.15) is 5.25 Å². The van der Waals surface area contributed by atoms with Gasteiger partial charge in [-0.3, -0.25) is 0 Å². The highest BCUT2D eigenvalue weighted by atomic mass is 32.2. The molecule has 0 aromatic heterocycles. The third kappa shape index (κ3) is 2.69. The van der Waals surface area contributed by atoms with E-state index in [-0.39, 0.29) is 0 Å². The SMILES string of the molecule is C=C(C)C(c1ccccc1C)S(C)(=O)=O. The maximum atomic E-state index is 11.7. The largest absolute Gasteiger partial charge is 0.228 e. The smallest absolute Gasteiger partial charge is 0.158 e. The summed E-state index contributed by atoms with van der Waals surface area (Å²) in [6, 6.07) is 7.51. The number of hydrogen-bond donors (Lipinski definition) is 0. The van der Waals surface area contributed by atoms with Crippen LogP contribution in [-0.2, 0) is 9.84 Å². The minimum atomic E-state index is -3.14. The van der Waals surface area contributed by atoms with E-state index in [1.54, 1.807) is 6.92 Å². The van der Waals surface area contributed by atoms with Gasteiger partial charge in [0.05, 0.1) is 0 Å². The Balaban J connectivity index is 3.36. The molecule has 0 fully saturated rings. The van der Waals surface area contributed by atoms with Crippen molar-refractivity contribution >= 4 is 9.84 Å². The Labute approximate surface area is 91.6 Å². The van der Waals surface area contributed by atoms with Gasteiger partial charge in [0.2, 0.25) is 0 Å². The molecule has 1 aromatic carbocycles. The summed E-state index contributed by atoms with van der Waals surface area (Å²) in [5.41, 5.74) is 2.47. The fraction of sp³-hybridized carbons (Fsp3) is 0.333. The van der Waals surface area contributed by atoms with Crippen LogP contribution in [-0.4, -0.2) is 14.7 Å². The topological polar surface area (TPSA) is 34.1 Å². The molecule has 3 heteroatoms. The van der Waals surface area contributed by atoms with E-state index in [4.69, 9.17) is 0 Å². The molecule has 0 saturated carbocycles. The second kappa shape index (κ2) is 4.19. The van der Waals surface area contributed by atoms with Gasteiger partial charge in [-0.05, 0) is 25.0 Å². The Morgan fingerprint density at radius 2 is 1.87 bits per heavy atom. The Morgan fingerprint density at radius 3 is 2.27 bits per heavy atom. The molecule has 0 spiro atoms. The normalized spacial score (nSPS) is 13.5. The summed E-state index contributed by atoms with van der Waals surface area (Å²) in [5.74, 6) is 0. The lowest BCUT2D eigenvalue weighted by Crippen LogP contribution is -2.13. The van der Waals surface area contributed by atoms with E-state index in [2.05, 4.69) is 6.58 Å². The molecule has 0 aliphatic heterocycles. The third-order valence-electron chi connectivity index (χ3n) is 2.35. The van der Waals surface area contributed by atoms with Crippen molar-refractivity contribution in [2.24, 2.45) is 0 Å². The first-order chi connectivity index (χ1) is 6.84. The summed E-state index contributed by atoms with van der Waals surface area (Å²) in [6.45, 7) is 7.42. The van der Waals surface area contributed by atoms with Crippen LogP contribution in [0.3, 0.4) is 0 Å². The molecule has 2 nitrogen and oxygen atoms in total. The number of rotatable bonds is 3. The third-order valence-corrected chi connectivity index (χ3v) is 3.86. The predicted octanol–water partition coefficient (Wildman–Crippen LogP) is 2.66. The van der Waals surface area contributed by atoms with Crippen molar-refractivity contribution in [3.63, 3.8) is 0 Å². The van der Waals surface area contributed by atoms with E-state index in [0.29, 0.717) is 5.57 Å². The molecule has 0 radical (unpaired) electrons. The highest BCUT2D eigenvalue weighted by molar-refractivity contribution is 7.91. The van der Waals surface area contributed by atoms with Crippen LogP contribution >= 0.6 is 0 Å². The number of hydrogen-bond acceptors (Lipinski definition) is 2. The van der Waals surface area contributed by atoms with E-state index in [9.17, 15) is 8.42 Å². The molecule has 0 amide bonds. The Kier molecular flexibility index (Phi) is 3.35. The van der Waals surface area contributed by atoms with Crippen molar-refractivity contribution in [2.75, 3.05) is 6.26 Å². The summed E-state index contributed by atoms with van der Waals surface area (Å²) in [4.78, 5) is 0. The number of aryl methyl sites for hydroxylation is 1. The Bertz CT molecular complexity index is 472. The molecule has 1 atom stereocenters. The average Bonchev–Trinajstić information content (AvgIpc) is 2.05. The lowest BCUT2D eigenvalue weighted by Gasteiger charge is -2.17. The lowest BCUT2D eigenvalue weighted by atomic mass is 10.0. The van der Waals surface area contributed by atoms with Crippen LogP contribution in [0.2, 0.25) is 0 Å². The van der Waals surface area contributed by atoms with Crippen molar-refractivity contribution in [1.82, 2.24) is 0 Å². The summed E-state index contributed by atoms with van der Waals surface area (Å²) in [6.07, 6.45) is 1.25. The molecule has 0 heterocycles. The van der Waals surface area contributed by atoms with Gasteiger partial charge in [-0.25, -0.2) is 8.42 Å². The molecule has 15 heavy (non-hydrogen) atoms. The first-order valence-electron chi connectivity index (χ1n) is 4.74. The van der Waals surface area contributed by atoms with Gasteiger partial charge in [0, 0.05) is 6.26 Å². The lowest BCUT2D eigenvalue weighted by molar-refractivity contribution is 0.594. The Hall–Kier alpha value is -1.09. The quantitative estimate of drug-likeness (QED) is 0.740. The van der Waals surface area contributed by atoms with Crippen LogP contribution in [0, 0.1) is 6.92 Å². The zero-order valence-corrected chi connectivity index (χ0v) is 10.1. The molecule has 1 aromatic rings. The second-order valence-electron chi connectivity index (χ2n) is 3.91.